The molecule has 1 aliphatic carbocycles. The summed E-state index contributed by atoms with van der Waals surface area (Å²) in [6.07, 6.45) is 5.83. The molecule has 0 N–H and O–H groups in total. The molecule has 10 heteroatoms. The fourth-order valence-electron chi connectivity index (χ4n) is 6.84. The molecule has 2 saturated heterocycles. The molecule has 0 amide bonds. The first-order valence-electron chi connectivity index (χ1n) is 16.7. The lowest BCUT2D eigenvalue weighted by molar-refractivity contribution is 0.0116. The average Bonchev–Trinajstić information content (AvgIpc) is 3.74. The van der Waals surface area contributed by atoms with E-state index in [1.54, 1.807) is 10.8 Å². The Morgan fingerprint density at radius 3 is 2.45 bits per heavy atom. The molecule has 3 heterocycles. The number of piperidine rings is 1. The quantitative estimate of drug-likeness (QED) is 0.188. The van der Waals surface area contributed by atoms with E-state index in [4.69, 9.17) is 18.9 Å². The van der Waals surface area contributed by atoms with Crippen LogP contribution in [0.2, 0.25) is 0 Å². The molecular formula is C37H46N4O6. The van der Waals surface area contributed by atoms with Crippen molar-refractivity contribution in [3.05, 3.63) is 64.8 Å². The highest BCUT2D eigenvalue weighted by molar-refractivity contribution is 5.95. The zero-order chi connectivity index (χ0) is 33.3. The zero-order valence-electron chi connectivity index (χ0n) is 28.2. The van der Waals surface area contributed by atoms with Crippen LogP contribution >= 0.6 is 0 Å². The lowest BCUT2D eigenvalue weighted by atomic mass is 9.87. The van der Waals surface area contributed by atoms with Crippen LogP contribution in [0.1, 0.15) is 79.5 Å². The van der Waals surface area contributed by atoms with Gasteiger partial charge >= 0.3 is 12.1 Å². The van der Waals surface area contributed by atoms with Crippen molar-refractivity contribution in [3.8, 4) is 11.8 Å². The van der Waals surface area contributed by atoms with Gasteiger partial charge in [-0.2, -0.15) is 5.26 Å². The van der Waals surface area contributed by atoms with Gasteiger partial charge in [0.05, 0.1) is 42.9 Å². The predicted octanol–water partition coefficient (Wildman–Crippen LogP) is 6.24. The monoisotopic (exact) mass is 642 g/mol. The van der Waals surface area contributed by atoms with Gasteiger partial charge in [0.15, 0.2) is 0 Å². The van der Waals surface area contributed by atoms with Gasteiger partial charge in [-0.25, -0.2) is 9.59 Å². The molecule has 0 spiro atoms. The highest BCUT2D eigenvalue weighted by atomic mass is 16.6. The van der Waals surface area contributed by atoms with E-state index in [2.05, 4.69) is 15.9 Å². The Hall–Kier alpha value is -3.91. The Bertz CT molecular complexity index is 1640. The van der Waals surface area contributed by atoms with E-state index in [-0.39, 0.29) is 17.9 Å². The van der Waals surface area contributed by atoms with Gasteiger partial charge in [-0.1, -0.05) is 12.1 Å². The van der Waals surface area contributed by atoms with E-state index in [0.29, 0.717) is 37.5 Å². The summed E-state index contributed by atoms with van der Waals surface area (Å²) < 4.78 is 24.6. The second kappa shape index (κ2) is 13.7. The molecule has 6 rings (SSSR count). The minimum atomic E-state index is -0.625. The lowest BCUT2D eigenvalue weighted by Crippen LogP contribution is -2.55. The SMILES string of the molecule is COC(=O)c1ccc([C@@H]2CC(N3CC(C#N)C3)CCN2Cc2c(OCCOC3CC3)cc(C)c3c2ccn3C(=O)OC(C)(C)C)cc1. The first-order valence-corrected chi connectivity index (χ1v) is 16.7. The van der Waals surface area contributed by atoms with Gasteiger partial charge in [-0.3, -0.25) is 14.4 Å². The van der Waals surface area contributed by atoms with Gasteiger partial charge in [0.2, 0.25) is 0 Å². The van der Waals surface area contributed by atoms with Crippen LogP contribution in [0.25, 0.3) is 10.9 Å². The smallest absolute Gasteiger partial charge is 0.419 e. The summed E-state index contributed by atoms with van der Waals surface area (Å²) in [5, 5.41) is 10.3. The van der Waals surface area contributed by atoms with Crippen molar-refractivity contribution in [1.29, 1.82) is 5.26 Å². The molecule has 3 aliphatic rings. The van der Waals surface area contributed by atoms with E-state index in [1.165, 1.54) is 7.11 Å². The third-order valence-electron chi connectivity index (χ3n) is 9.41. The lowest BCUT2D eigenvalue weighted by Gasteiger charge is -2.48. The number of hydrogen-bond donors (Lipinski definition) is 0. The number of likely N-dealkylation sites (tertiary alicyclic amines) is 2. The van der Waals surface area contributed by atoms with Crippen molar-refractivity contribution in [2.45, 2.75) is 83.7 Å². The Morgan fingerprint density at radius 1 is 1.04 bits per heavy atom. The molecule has 3 aromatic rings. The maximum atomic E-state index is 13.3. The minimum absolute atomic E-state index is 0.0666. The van der Waals surface area contributed by atoms with Crippen LogP contribution in [-0.2, 0) is 20.8 Å². The number of hydrogen-bond acceptors (Lipinski definition) is 9. The van der Waals surface area contributed by atoms with Crippen LogP contribution in [0.4, 0.5) is 4.79 Å². The number of methoxy groups -OCH3 is 1. The topological polar surface area (TPSA) is 106 Å². The number of esters is 1. The zero-order valence-corrected chi connectivity index (χ0v) is 28.2. The second-order valence-corrected chi connectivity index (χ2v) is 14.1. The number of aromatic nitrogens is 1. The van der Waals surface area contributed by atoms with Crippen molar-refractivity contribution in [1.82, 2.24) is 14.4 Å². The normalized spacial score (nSPS) is 20.9. The molecule has 250 valence electrons. The number of fused-ring (bicyclic) bond motifs is 1. The van der Waals surface area contributed by atoms with Crippen LogP contribution in [-0.4, -0.2) is 84.1 Å². The number of ether oxygens (including phenoxy) is 4. The van der Waals surface area contributed by atoms with Gasteiger partial charge in [0, 0.05) is 55.4 Å². The van der Waals surface area contributed by atoms with Gasteiger partial charge < -0.3 is 18.9 Å². The number of aryl methyl sites for hydroxylation is 1. The molecule has 10 nitrogen and oxygen atoms in total. The maximum absolute atomic E-state index is 13.3. The second-order valence-electron chi connectivity index (χ2n) is 14.1. The third kappa shape index (κ3) is 7.48. The Kier molecular flexibility index (Phi) is 9.60. The molecule has 47 heavy (non-hydrogen) atoms. The van der Waals surface area contributed by atoms with Crippen molar-refractivity contribution in [2.75, 3.05) is 40.0 Å². The van der Waals surface area contributed by atoms with Crippen LogP contribution in [0.3, 0.4) is 0 Å². The van der Waals surface area contributed by atoms with Crippen molar-refractivity contribution in [2.24, 2.45) is 5.92 Å². The number of carbonyl (C=O) groups excluding carboxylic acids is 2. The number of carbonyl (C=O) groups is 2. The van der Waals surface area contributed by atoms with Crippen LogP contribution in [0.15, 0.2) is 42.6 Å². The first-order chi connectivity index (χ1) is 22.5. The predicted molar refractivity (Wildman–Crippen MR) is 177 cm³/mol. The summed E-state index contributed by atoms with van der Waals surface area (Å²) in [4.78, 5) is 30.4. The summed E-state index contributed by atoms with van der Waals surface area (Å²) in [6.45, 7) is 11.6. The Balaban J connectivity index is 1.34. The molecule has 1 unspecified atom stereocenters. The highest BCUT2D eigenvalue weighted by Gasteiger charge is 2.38. The van der Waals surface area contributed by atoms with E-state index in [0.717, 1.165) is 78.7 Å². The highest BCUT2D eigenvalue weighted by Crippen LogP contribution is 2.40. The molecule has 0 bridgehead atoms. The Labute approximate surface area is 277 Å². The Morgan fingerprint density at radius 2 is 1.79 bits per heavy atom. The van der Waals surface area contributed by atoms with Crippen LogP contribution < -0.4 is 4.74 Å². The van der Waals surface area contributed by atoms with Crippen molar-refractivity contribution >= 4 is 23.0 Å². The molecule has 2 aliphatic heterocycles. The van der Waals surface area contributed by atoms with Crippen molar-refractivity contribution < 1.29 is 28.5 Å². The van der Waals surface area contributed by atoms with Gasteiger partial charge in [-0.15, -0.1) is 0 Å². The summed E-state index contributed by atoms with van der Waals surface area (Å²) in [5.41, 5.74) is 3.77. The summed E-state index contributed by atoms with van der Waals surface area (Å²) in [7, 11) is 1.39. The third-order valence-corrected chi connectivity index (χ3v) is 9.41. The molecule has 1 aromatic heterocycles. The largest absolute Gasteiger partial charge is 0.491 e. The number of nitriles is 1. The van der Waals surface area contributed by atoms with Crippen LogP contribution in [0, 0.1) is 24.2 Å². The fourth-order valence-corrected chi connectivity index (χ4v) is 6.84. The van der Waals surface area contributed by atoms with Crippen molar-refractivity contribution in [3.63, 3.8) is 0 Å². The number of nitrogens with zero attached hydrogens (tertiary/aromatic N) is 4. The molecule has 3 fully saturated rings. The first kappa shape index (κ1) is 33.0. The number of benzene rings is 2. The van der Waals surface area contributed by atoms with Gasteiger partial charge in [0.25, 0.3) is 0 Å². The summed E-state index contributed by atoms with van der Waals surface area (Å²) >= 11 is 0. The van der Waals surface area contributed by atoms with Gasteiger partial charge in [-0.05, 0) is 88.8 Å². The summed E-state index contributed by atoms with van der Waals surface area (Å²) in [5.74, 6) is 0.532. The minimum Gasteiger partial charge on any atom is -0.491 e. The summed E-state index contributed by atoms with van der Waals surface area (Å²) in [6, 6.07) is 14.6. The fraction of sp³-hybridized carbons (Fsp3) is 0.541. The number of rotatable bonds is 10. The molecular weight excluding hydrogens is 596 g/mol. The van der Waals surface area contributed by atoms with Gasteiger partial charge in [0.1, 0.15) is 18.0 Å². The van der Waals surface area contributed by atoms with E-state index in [9.17, 15) is 14.9 Å². The van der Waals surface area contributed by atoms with E-state index < -0.39 is 11.7 Å². The molecule has 2 atom stereocenters. The molecule has 1 saturated carbocycles. The van der Waals surface area contributed by atoms with E-state index in [1.807, 2.05) is 64.1 Å². The van der Waals surface area contributed by atoms with Crippen LogP contribution in [0.5, 0.6) is 5.75 Å². The standard InChI is InChI=1S/C37H46N4O6/c1-24-18-33(46-17-16-45-29-10-11-29)31(30-13-15-41(34(24)30)36(43)47-37(2,3)4)23-39-14-12-28(40-21-25(20-38)22-40)19-32(39)26-6-8-27(9-7-26)35(42)44-5/h6-9,13,15,18,25,28-29,32H,10-12,14,16-17,19,21-23H2,1-5H3/t28?,32-/m0/s1. The van der Waals surface area contributed by atoms with E-state index >= 15 is 0 Å². The average molecular weight is 643 g/mol. The molecule has 0 radical (unpaired) electrons. The maximum Gasteiger partial charge on any atom is 0.419 e. The molecule has 2 aromatic carbocycles.